The van der Waals surface area contributed by atoms with Gasteiger partial charge >= 0.3 is 0 Å². The zero-order chi connectivity index (χ0) is 15.2. The van der Waals surface area contributed by atoms with E-state index >= 15 is 0 Å². The number of rotatable bonds is 7. The molecule has 3 rings (SSSR count). The zero-order valence-corrected chi connectivity index (χ0v) is 12.6. The van der Waals surface area contributed by atoms with E-state index in [0.29, 0.717) is 18.8 Å². The molecule has 0 aliphatic carbocycles. The van der Waals surface area contributed by atoms with E-state index in [2.05, 4.69) is 10.3 Å². The monoisotopic (exact) mass is 317 g/mol. The Labute approximate surface area is 131 Å². The molecule has 114 valence electrons. The summed E-state index contributed by atoms with van der Waals surface area (Å²) in [7, 11) is 0. The van der Waals surface area contributed by atoms with Gasteiger partial charge in [-0.1, -0.05) is 11.8 Å². The maximum atomic E-state index is 11.8. The van der Waals surface area contributed by atoms with Crippen LogP contribution in [0, 0.1) is 0 Å². The molecule has 0 saturated heterocycles. The SMILES string of the molecule is O=C(CSc1nccn1Cc1ccco1)NCc1ccco1. The number of imidazole rings is 1. The van der Waals surface area contributed by atoms with Crippen molar-refractivity contribution in [3.63, 3.8) is 0 Å². The highest BCUT2D eigenvalue weighted by atomic mass is 32.2. The second-order valence-electron chi connectivity index (χ2n) is 4.56. The highest BCUT2D eigenvalue weighted by molar-refractivity contribution is 7.99. The van der Waals surface area contributed by atoms with Crippen LogP contribution in [-0.2, 0) is 17.9 Å². The fourth-order valence-corrected chi connectivity index (χ4v) is 2.70. The zero-order valence-electron chi connectivity index (χ0n) is 11.8. The average molecular weight is 317 g/mol. The van der Waals surface area contributed by atoms with Gasteiger partial charge in [-0.25, -0.2) is 4.98 Å². The molecule has 0 fully saturated rings. The summed E-state index contributed by atoms with van der Waals surface area (Å²) < 4.78 is 12.4. The maximum absolute atomic E-state index is 11.8. The van der Waals surface area contributed by atoms with Gasteiger partial charge in [0, 0.05) is 12.4 Å². The van der Waals surface area contributed by atoms with Crippen molar-refractivity contribution in [2.75, 3.05) is 5.75 Å². The van der Waals surface area contributed by atoms with Gasteiger partial charge in [0.1, 0.15) is 11.5 Å². The van der Waals surface area contributed by atoms with Crippen LogP contribution < -0.4 is 5.32 Å². The number of furan rings is 2. The maximum Gasteiger partial charge on any atom is 0.230 e. The summed E-state index contributed by atoms with van der Waals surface area (Å²) in [5.41, 5.74) is 0. The fraction of sp³-hybridized carbons (Fsp3) is 0.200. The summed E-state index contributed by atoms with van der Waals surface area (Å²) >= 11 is 1.39. The first kappa shape index (κ1) is 14.5. The summed E-state index contributed by atoms with van der Waals surface area (Å²) in [6.45, 7) is 0.997. The van der Waals surface area contributed by atoms with E-state index in [4.69, 9.17) is 8.83 Å². The van der Waals surface area contributed by atoms with E-state index in [-0.39, 0.29) is 5.91 Å². The molecule has 0 atom stereocenters. The Kier molecular flexibility index (Phi) is 4.65. The predicted octanol–water partition coefficient (Wildman–Crippen LogP) is 2.53. The highest BCUT2D eigenvalue weighted by Gasteiger charge is 2.09. The molecule has 1 N–H and O–H groups in total. The lowest BCUT2D eigenvalue weighted by Gasteiger charge is -2.06. The Morgan fingerprint density at radius 3 is 2.73 bits per heavy atom. The minimum Gasteiger partial charge on any atom is -0.467 e. The van der Waals surface area contributed by atoms with Crippen LogP contribution >= 0.6 is 11.8 Å². The standard InChI is InChI=1S/C15H15N3O3S/c19-14(17-9-12-3-1-7-20-12)11-22-15-16-5-6-18(15)10-13-4-2-8-21-13/h1-8H,9-11H2,(H,17,19). The van der Waals surface area contributed by atoms with Crippen molar-refractivity contribution in [1.29, 1.82) is 0 Å². The van der Waals surface area contributed by atoms with Gasteiger partial charge in [0.05, 0.1) is 31.4 Å². The molecule has 0 radical (unpaired) electrons. The molecule has 22 heavy (non-hydrogen) atoms. The summed E-state index contributed by atoms with van der Waals surface area (Å²) in [6.07, 6.45) is 6.81. The van der Waals surface area contributed by atoms with Crippen molar-refractivity contribution < 1.29 is 13.6 Å². The average Bonchev–Trinajstić information content (AvgIpc) is 3.26. The highest BCUT2D eigenvalue weighted by Crippen LogP contribution is 2.17. The Bertz CT molecular complexity index is 704. The van der Waals surface area contributed by atoms with Crippen LogP contribution in [0.2, 0.25) is 0 Å². The second kappa shape index (κ2) is 7.04. The van der Waals surface area contributed by atoms with Crippen LogP contribution in [0.15, 0.2) is 63.2 Å². The first-order chi connectivity index (χ1) is 10.8. The Balaban J connectivity index is 1.49. The van der Waals surface area contributed by atoms with E-state index in [9.17, 15) is 4.79 Å². The third-order valence-electron chi connectivity index (χ3n) is 2.96. The van der Waals surface area contributed by atoms with Crippen molar-refractivity contribution in [1.82, 2.24) is 14.9 Å². The van der Waals surface area contributed by atoms with Gasteiger partial charge in [-0.05, 0) is 24.3 Å². The molecule has 3 aromatic rings. The van der Waals surface area contributed by atoms with Crippen molar-refractivity contribution in [3.8, 4) is 0 Å². The molecule has 7 heteroatoms. The molecule has 3 heterocycles. The van der Waals surface area contributed by atoms with Crippen LogP contribution in [0.3, 0.4) is 0 Å². The van der Waals surface area contributed by atoms with Crippen LogP contribution in [0.4, 0.5) is 0 Å². The number of aromatic nitrogens is 2. The molecular formula is C15H15N3O3S. The molecule has 0 aliphatic rings. The van der Waals surface area contributed by atoms with Gasteiger partial charge in [0.2, 0.25) is 5.91 Å². The van der Waals surface area contributed by atoms with Crippen molar-refractivity contribution in [2.24, 2.45) is 0 Å². The van der Waals surface area contributed by atoms with Crippen molar-refractivity contribution in [2.45, 2.75) is 18.2 Å². The minimum absolute atomic E-state index is 0.0612. The van der Waals surface area contributed by atoms with Gasteiger partial charge in [-0.2, -0.15) is 0 Å². The largest absolute Gasteiger partial charge is 0.467 e. The Morgan fingerprint density at radius 1 is 1.23 bits per heavy atom. The van der Waals surface area contributed by atoms with E-state index in [1.807, 2.05) is 29.0 Å². The lowest BCUT2D eigenvalue weighted by atomic mass is 10.4. The summed E-state index contributed by atoms with van der Waals surface area (Å²) in [5, 5.41) is 3.59. The number of amides is 1. The number of carbonyl (C=O) groups is 1. The Morgan fingerprint density at radius 2 is 2.00 bits per heavy atom. The third kappa shape index (κ3) is 3.82. The van der Waals surface area contributed by atoms with Crippen LogP contribution in [-0.4, -0.2) is 21.2 Å². The smallest absolute Gasteiger partial charge is 0.230 e. The van der Waals surface area contributed by atoms with Gasteiger partial charge < -0.3 is 18.7 Å². The molecule has 0 saturated carbocycles. The summed E-state index contributed by atoms with van der Waals surface area (Å²) in [6, 6.07) is 7.37. The quantitative estimate of drug-likeness (QED) is 0.678. The van der Waals surface area contributed by atoms with E-state index < -0.39 is 0 Å². The first-order valence-electron chi connectivity index (χ1n) is 6.76. The number of thioether (sulfide) groups is 1. The molecule has 0 unspecified atom stereocenters. The van der Waals surface area contributed by atoms with Gasteiger partial charge in [-0.3, -0.25) is 4.79 Å². The molecule has 0 aromatic carbocycles. The van der Waals surface area contributed by atoms with E-state index in [1.54, 1.807) is 24.8 Å². The number of hydrogen-bond acceptors (Lipinski definition) is 5. The molecule has 3 aromatic heterocycles. The van der Waals surface area contributed by atoms with Crippen LogP contribution in [0.5, 0.6) is 0 Å². The lowest BCUT2D eigenvalue weighted by molar-refractivity contribution is -0.118. The van der Waals surface area contributed by atoms with Gasteiger partial charge in [0.25, 0.3) is 0 Å². The number of nitrogens with zero attached hydrogens (tertiary/aromatic N) is 2. The van der Waals surface area contributed by atoms with Crippen molar-refractivity contribution >= 4 is 17.7 Å². The second-order valence-corrected chi connectivity index (χ2v) is 5.50. The normalized spacial score (nSPS) is 10.7. The first-order valence-corrected chi connectivity index (χ1v) is 7.75. The van der Waals surface area contributed by atoms with E-state index in [0.717, 1.165) is 16.7 Å². The van der Waals surface area contributed by atoms with Crippen LogP contribution in [0.25, 0.3) is 0 Å². The van der Waals surface area contributed by atoms with Gasteiger partial charge in [0.15, 0.2) is 5.16 Å². The van der Waals surface area contributed by atoms with Crippen molar-refractivity contribution in [3.05, 3.63) is 60.7 Å². The fourth-order valence-electron chi connectivity index (χ4n) is 1.91. The van der Waals surface area contributed by atoms with Gasteiger partial charge in [-0.15, -0.1) is 0 Å². The van der Waals surface area contributed by atoms with Crippen LogP contribution in [0.1, 0.15) is 11.5 Å². The molecular weight excluding hydrogens is 302 g/mol. The summed E-state index contributed by atoms with van der Waals surface area (Å²) in [4.78, 5) is 16.1. The topological polar surface area (TPSA) is 73.2 Å². The lowest BCUT2D eigenvalue weighted by Crippen LogP contribution is -2.24. The Hall–Kier alpha value is -2.41. The molecule has 1 amide bonds. The predicted molar refractivity (Wildman–Crippen MR) is 81.3 cm³/mol. The number of carbonyl (C=O) groups excluding carboxylic acids is 1. The molecule has 0 spiro atoms. The molecule has 0 bridgehead atoms. The minimum atomic E-state index is -0.0612. The summed E-state index contributed by atoms with van der Waals surface area (Å²) in [5.74, 6) is 1.82. The number of hydrogen-bond donors (Lipinski definition) is 1. The van der Waals surface area contributed by atoms with E-state index in [1.165, 1.54) is 11.8 Å². The molecule has 6 nitrogen and oxygen atoms in total. The molecule has 0 aliphatic heterocycles. The number of nitrogens with one attached hydrogen (secondary N) is 1. The third-order valence-corrected chi connectivity index (χ3v) is 3.96.